The van der Waals surface area contributed by atoms with Crippen LogP contribution in [0.15, 0.2) is 18.5 Å². The van der Waals surface area contributed by atoms with Gasteiger partial charge in [0.15, 0.2) is 0 Å². The first-order valence-corrected chi connectivity index (χ1v) is 5.42. The third kappa shape index (κ3) is 1.92. The number of nitrogens with zero attached hydrogens (tertiary/aromatic N) is 1. The Morgan fingerprint density at radius 1 is 1.29 bits per heavy atom. The Bertz CT molecular complexity index is 436. The standard InChI is InChI=1S/C12H14F3NO/c1-10(4-5-10)11(2,17)9-7-16-6-3-8(9)12(13,14)15/h3,6-7,17H,4-5H2,1-2H3. The van der Waals surface area contributed by atoms with Gasteiger partial charge in [0.2, 0.25) is 0 Å². The molecule has 1 N–H and O–H groups in total. The van der Waals surface area contributed by atoms with Crippen LogP contribution in [0.5, 0.6) is 0 Å². The Morgan fingerprint density at radius 3 is 2.35 bits per heavy atom. The van der Waals surface area contributed by atoms with Gasteiger partial charge in [0.05, 0.1) is 11.2 Å². The van der Waals surface area contributed by atoms with E-state index in [4.69, 9.17) is 0 Å². The van der Waals surface area contributed by atoms with Crippen molar-refractivity contribution in [3.05, 3.63) is 29.6 Å². The molecule has 0 amide bonds. The first kappa shape index (κ1) is 12.4. The molecule has 1 fully saturated rings. The van der Waals surface area contributed by atoms with Crippen LogP contribution in [-0.2, 0) is 11.8 Å². The molecule has 1 heterocycles. The maximum Gasteiger partial charge on any atom is 0.416 e. The summed E-state index contributed by atoms with van der Waals surface area (Å²) < 4.78 is 38.5. The van der Waals surface area contributed by atoms with Gasteiger partial charge >= 0.3 is 6.18 Å². The molecule has 1 unspecified atom stereocenters. The summed E-state index contributed by atoms with van der Waals surface area (Å²) in [6.45, 7) is 3.23. The SMILES string of the molecule is CC1(C(C)(O)c2cnccc2C(F)(F)F)CC1. The summed E-state index contributed by atoms with van der Waals surface area (Å²) >= 11 is 0. The van der Waals surface area contributed by atoms with Crippen molar-refractivity contribution in [3.8, 4) is 0 Å². The average molecular weight is 245 g/mol. The van der Waals surface area contributed by atoms with E-state index < -0.39 is 22.8 Å². The molecule has 1 aliphatic carbocycles. The minimum Gasteiger partial charge on any atom is -0.385 e. The Balaban J connectivity index is 2.53. The van der Waals surface area contributed by atoms with Crippen molar-refractivity contribution in [2.75, 3.05) is 0 Å². The van der Waals surface area contributed by atoms with E-state index in [-0.39, 0.29) is 5.56 Å². The summed E-state index contributed by atoms with van der Waals surface area (Å²) in [5, 5.41) is 10.4. The van der Waals surface area contributed by atoms with E-state index in [0.29, 0.717) is 0 Å². The summed E-state index contributed by atoms with van der Waals surface area (Å²) in [6, 6.07) is 0.912. The number of aromatic nitrogens is 1. The smallest absolute Gasteiger partial charge is 0.385 e. The van der Waals surface area contributed by atoms with Crippen LogP contribution in [0, 0.1) is 5.41 Å². The Labute approximate surface area is 97.5 Å². The molecule has 1 aromatic heterocycles. The lowest BCUT2D eigenvalue weighted by Crippen LogP contribution is -2.34. The van der Waals surface area contributed by atoms with E-state index in [1.54, 1.807) is 6.92 Å². The van der Waals surface area contributed by atoms with Crippen LogP contribution in [0.3, 0.4) is 0 Å². The highest BCUT2D eigenvalue weighted by molar-refractivity contribution is 5.34. The van der Waals surface area contributed by atoms with E-state index in [9.17, 15) is 18.3 Å². The van der Waals surface area contributed by atoms with Crippen molar-refractivity contribution in [1.29, 1.82) is 0 Å². The molecule has 0 spiro atoms. The van der Waals surface area contributed by atoms with Crippen LogP contribution < -0.4 is 0 Å². The molecule has 2 rings (SSSR count). The summed E-state index contributed by atoms with van der Waals surface area (Å²) in [5.74, 6) is 0. The number of hydrogen-bond donors (Lipinski definition) is 1. The van der Waals surface area contributed by atoms with Crippen LogP contribution >= 0.6 is 0 Å². The van der Waals surface area contributed by atoms with Crippen molar-refractivity contribution in [3.63, 3.8) is 0 Å². The first-order valence-electron chi connectivity index (χ1n) is 5.42. The van der Waals surface area contributed by atoms with Gasteiger partial charge in [-0.3, -0.25) is 4.98 Å². The molecule has 2 nitrogen and oxygen atoms in total. The maximum atomic E-state index is 12.8. The van der Waals surface area contributed by atoms with E-state index in [1.807, 2.05) is 0 Å². The topological polar surface area (TPSA) is 33.1 Å². The molecule has 0 bridgehead atoms. The highest BCUT2D eigenvalue weighted by Crippen LogP contribution is 2.58. The summed E-state index contributed by atoms with van der Waals surface area (Å²) in [6.07, 6.45) is -0.796. The monoisotopic (exact) mass is 245 g/mol. The van der Waals surface area contributed by atoms with E-state index >= 15 is 0 Å². The second-order valence-electron chi connectivity index (χ2n) is 5.05. The van der Waals surface area contributed by atoms with Crippen molar-refractivity contribution in [2.45, 2.75) is 38.5 Å². The Morgan fingerprint density at radius 2 is 1.88 bits per heavy atom. The van der Waals surface area contributed by atoms with Gasteiger partial charge in [0.25, 0.3) is 0 Å². The van der Waals surface area contributed by atoms with Gasteiger partial charge in [-0.15, -0.1) is 0 Å². The van der Waals surface area contributed by atoms with Crippen LogP contribution in [-0.4, -0.2) is 10.1 Å². The van der Waals surface area contributed by atoms with Crippen LogP contribution in [0.25, 0.3) is 0 Å². The van der Waals surface area contributed by atoms with Gasteiger partial charge in [-0.2, -0.15) is 13.2 Å². The number of halogens is 3. The molecule has 0 radical (unpaired) electrons. The Kier molecular flexibility index (Phi) is 2.51. The lowest BCUT2D eigenvalue weighted by molar-refractivity contribution is -0.142. The molecule has 5 heteroatoms. The maximum absolute atomic E-state index is 12.8. The highest BCUT2D eigenvalue weighted by Gasteiger charge is 2.55. The molecule has 0 aromatic carbocycles. The molecule has 0 saturated heterocycles. The second-order valence-corrected chi connectivity index (χ2v) is 5.05. The van der Waals surface area contributed by atoms with Crippen molar-refractivity contribution in [1.82, 2.24) is 4.98 Å². The molecule has 17 heavy (non-hydrogen) atoms. The zero-order valence-electron chi connectivity index (χ0n) is 9.67. The highest BCUT2D eigenvalue weighted by atomic mass is 19.4. The number of hydrogen-bond acceptors (Lipinski definition) is 2. The lowest BCUT2D eigenvalue weighted by atomic mass is 9.80. The normalized spacial score (nSPS) is 22.0. The molecule has 94 valence electrons. The van der Waals surface area contributed by atoms with E-state index in [0.717, 1.165) is 31.3 Å². The fourth-order valence-corrected chi connectivity index (χ4v) is 2.03. The minimum absolute atomic E-state index is 0.132. The van der Waals surface area contributed by atoms with Gasteiger partial charge in [0.1, 0.15) is 0 Å². The third-order valence-corrected chi connectivity index (χ3v) is 3.83. The zero-order valence-corrected chi connectivity index (χ0v) is 9.67. The lowest BCUT2D eigenvalue weighted by Gasteiger charge is -2.32. The fraction of sp³-hybridized carbons (Fsp3) is 0.583. The predicted octanol–water partition coefficient (Wildman–Crippen LogP) is 3.11. The third-order valence-electron chi connectivity index (χ3n) is 3.83. The molecule has 1 atom stereocenters. The Hall–Kier alpha value is -1.10. The van der Waals surface area contributed by atoms with Crippen LogP contribution in [0.1, 0.15) is 37.8 Å². The summed E-state index contributed by atoms with van der Waals surface area (Å²) in [4.78, 5) is 3.71. The molecule has 0 aliphatic heterocycles. The van der Waals surface area contributed by atoms with E-state index in [1.165, 1.54) is 6.92 Å². The summed E-state index contributed by atoms with van der Waals surface area (Å²) in [7, 11) is 0. The quantitative estimate of drug-likeness (QED) is 0.868. The largest absolute Gasteiger partial charge is 0.416 e. The van der Waals surface area contributed by atoms with Gasteiger partial charge in [-0.25, -0.2) is 0 Å². The number of rotatable bonds is 2. The minimum atomic E-state index is -4.46. The van der Waals surface area contributed by atoms with Crippen LogP contribution in [0.2, 0.25) is 0 Å². The molecule has 1 aromatic rings. The van der Waals surface area contributed by atoms with Crippen molar-refractivity contribution >= 4 is 0 Å². The van der Waals surface area contributed by atoms with Gasteiger partial charge in [-0.05, 0) is 25.8 Å². The molecule has 1 aliphatic rings. The average Bonchev–Trinajstić information content (AvgIpc) is 2.97. The van der Waals surface area contributed by atoms with E-state index in [2.05, 4.69) is 4.98 Å². The second kappa shape index (κ2) is 3.45. The summed E-state index contributed by atoms with van der Waals surface area (Å²) in [5.41, 5.74) is -2.90. The number of aliphatic hydroxyl groups is 1. The number of pyridine rings is 1. The predicted molar refractivity (Wildman–Crippen MR) is 56.2 cm³/mol. The van der Waals surface area contributed by atoms with Gasteiger partial charge < -0.3 is 5.11 Å². The van der Waals surface area contributed by atoms with Crippen molar-refractivity contribution in [2.24, 2.45) is 5.41 Å². The van der Waals surface area contributed by atoms with Crippen molar-refractivity contribution < 1.29 is 18.3 Å². The molecular formula is C12H14F3NO. The molecular weight excluding hydrogens is 231 g/mol. The first-order chi connectivity index (χ1) is 7.68. The van der Waals surface area contributed by atoms with Gasteiger partial charge in [0, 0.05) is 23.4 Å². The fourth-order valence-electron chi connectivity index (χ4n) is 2.03. The zero-order chi connectivity index (χ0) is 12.9. The molecule has 1 saturated carbocycles. The van der Waals surface area contributed by atoms with Gasteiger partial charge in [-0.1, -0.05) is 6.92 Å². The number of alkyl halides is 3. The van der Waals surface area contributed by atoms with Crippen LogP contribution in [0.4, 0.5) is 13.2 Å².